The lowest BCUT2D eigenvalue weighted by atomic mass is 10.0. The smallest absolute Gasteiger partial charge is 0.411 e. The van der Waals surface area contributed by atoms with Gasteiger partial charge in [0.05, 0.1) is 6.61 Å². The third-order valence-corrected chi connectivity index (χ3v) is 5.90. The molecule has 32 heavy (non-hydrogen) atoms. The van der Waals surface area contributed by atoms with Crippen LogP contribution in [0.3, 0.4) is 0 Å². The Morgan fingerprint density at radius 1 is 0.750 bits per heavy atom. The zero-order valence-electron chi connectivity index (χ0n) is 21.4. The quantitative estimate of drug-likeness (QED) is 0.111. The molecule has 5 heteroatoms. The van der Waals surface area contributed by atoms with Gasteiger partial charge in [-0.1, -0.05) is 109 Å². The van der Waals surface area contributed by atoms with Crippen molar-refractivity contribution in [3.8, 4) is 11.8 Å². The molecule has 0 aromatic rings. The molecule has 0 saturated carbocycles. The third kappa shape index (κ3) is 17.9. The number of amides is 1. The molecule has 1 unspecified atom stereocenters. The van der Waals surface area contributed by atoms with Crippen LogP contribution in [0.25, 0.3) is 0 Å². The molecule has 186 valence electrons. The molecular formula is C27H49NO4. The first kappa shape index (κ1) is 30.3. The second-order valence-electron chi connectivity index (χ2n) is 8.74. The Labute approximate surface area is 198 Å². The zero-order chi connectivity index (χ0) is 23.9. The van der Waals surface area contributed by atoms with Crippen LogP contribution in [0, 0.1) is 11.8 Å². The Bertz CT molecular complexity index is 523. The maximum absolute atomic E-state index is 12.1. The number of esters is 1. The summed E-state index contributed by atoms with van der Waals surface area (Å²) >= 11 is 0. The van der Waals surface area contributed by atoms with Crippen LogP contribution in [0.4, 0.5) is 4.79 Å². The van der Waals surface area contributed by atoms with Crippen molar-refractivity contribution in [1.82, 2.24) is 4.90 Å². The van der Waals surface area contributed by atoms with Gasteiger partial charge in [-0.05, 0) is 20.3 Å². The first-order valence-corrected chi connectivity index (χ1v) is 13.0. The normalized spacial score (nSPS) is 11.4. The van der Waals surface area contributed by atoms with Gasteiger partial charge in [-0.2, -0.15) is 0 Å². The van der Waals surface area contributed by atoms with Gasteiger partial charge in [0.1, 0.15) is 6.04 Å². The summed E-state index contributed by atoms with van der Waals surface area (Å²) in [4.78, 5) is 25.1. The summed E-state index contributed by atoms with van der Waals surface area (Å²) in [6.07, 6.45) is 20.5. The first-order chi connectivity index (χ1) is 15.5. The summed E-state index contributed by atoms with van der Waals surface area (Å²) in [6.45, 7) is 6.03. The number of hydrogen-bond acceptors (Lipinski definition) is 4. The highest BCUT2D eigenvalue weighted by atomic mass is 16.6. The van der Waals surface area contributed by atoms with Gasteiger partial charge in [0, 0.05) is 7.05 Å². The monoisotopic (exact) mass is 451 g/mol. The molecule has 1 amide bonds. The summed E-state index contributed by atoms with van der Waals surface area (Å²) in [5.74, 6) is 4.91. The van der Waals surface area contributed by atoms with Crippen molar-refractivity contribution in [3.63, 3.8) is 0 Å². The fraction of sp³-hybridized carbons (Fsp3) is 0.852. The topological polar surface area (TPSA) is 55.8 Å². The summed E-state index contributed by atoms with van der Waals surface area (Å²) in [5, 5.41) is 0. The Kier molecular flexibility index (Phi) is 21.3. The number of carbonyl (C=O) groups is 2. The lowest BCUT2D eigenvalue weighted by molar-refractivity contribution is -0.148. The molecule has 0 rings (SSSR count). The standard InChI is InChI=1S/C27H49NO4/c1-5-7-9-10-11-12-13-14-15-16-17-18-19-20-21-22-24-31-26(29)25(3)28(4)27(30)32-23-8-6-2/h25H,5,7,9-24H2,1-4H3. The fourth-order valence-corrected chi connectivity index (χ4v) is 3.53. The van der Waals surface area contributed by atoms with E-state index in [1.54, 1.807) is 13.8 Å². The maximum atomic E-state index is 12.1. The van der Waals surface area contributed by atoms with E-state index in [0.717, 1.165) is 12.8 Å². The van der Waals surface area contributed by atoms with Crippen LogP contribution in [0.5, 0.6) is 0 Å². The Hall–Kier alpha value is -1.70. The molecule has 0 aliphatic rings. The van der Waals surface area contributed by atoms with Crippen LogP contribution < -0.4 is 0 Å². The van der Waals surface area contributed by atoms with Gasteiger partial charge in [-0.3, -0.25) is 4.90 Å². The van der Waals surface area contributed by atoms with E-state index in [4.69, 9.17) is 9.47 Å². The number of carbonyl (C=O) groups excluding carboxylic acids is 2. The lowest BCUT2D eigenvalue weighted by Gasteiger charge is -2.22. The highest BCUT2D eigenvalue weighted by Gasteiger charge is 2.24. The van der Waals surface area contributed by atoms with E-state index in [-0.39, 0.29) is 6.61 Å². The van der Waals surface area contributed by atoms with Crippen LogP contribution in [-0.4, -0.2) is 43.3 Å². The largest absolute Gasteiger partial charge is 0.464 e. The molecule has 0 radical (unpaired) electrons. The minimum Gasteiger partial charge on any atom is -0.464 e. The van der Waals surface area contributed by atoms with Crippen LogP contribution in [0.1, 0.15) is 124 Å². The molecule has 0 aliphatic carbocycles. The molecule has 5 nitrogen and oxygen atoms in total. The average molecular weight is 452 g/mol. The van der Waals surface area contributed by atoms with Crippen molar-refractivity contribution in [2.24, 2.45) is 0 Å². The molecule has 0 aromatic carbocycles. The molecule has 0 saturated heterocycles. The van der Waals surface area contributed by atoms with Gasteiger partial charge in [0.15, 0.2) is 6.61 Å². The minimum absolute atomic E-state index is 0.0284. The number of likely N-dealkylation sites (N-methyl/N-ethyl adjacent to an activating group) is 1. The number of unbranched alkanes of at least 4 members (excludes halogenated alkanes) is 15. The second kappa shape index (κ2) is 22.5. The fourth-order valence-electron chi connectivity index (χ4n) is 3.53. The van der Waals surface area contributed by atoms with E-state index in [9.17, 15) is 9.59 Å². The molecule has 0 N–H and O–H groups in total. The Morgan fingerprint density at radius 3 is 1.62 bits per heavy atom. The lowest BCUT2D eigenvalue weighted by Crippen LogP contribution is -2.41. The van der Waals surface area contributed by atoms with E-state index in [2.05, 4.69) is 18.8 Å². The molecule has 0 bridgehead atoms. The molecular weight excluding hydrogens is 402 g/mol. The van der Waals surface area contributed by atoms with Gasteiger partial charge >= 0.3 is 12.1 Å². The zero-order valence-corrected chi connectivity index (χ0v) is 21.4. The van der Waals surface area contributed by atoms with Crippen LogP contribution in [0.2, 0.25) is 0 Å². The Balaban J connectivity index is 3.47. The number of rotatable bonds is 20. The van der Waals surface area contributed by atoms with Crippen LogP contribution in [-0.2, 0) is 14.3 Å². The average Bonchev–Trinajstić information content (AvgIpc) is 2.79. The van der Waals surface area contributed by atoms with Gasteiger partial charge in [-0.15, -0.1) is 5.92 Å². The van der Waals surface area contributed by atoms with E-state index < -0.39 is 18.1 Å². The highest BCUT2D eigenvalue weighted by Crippen LogP contribution is 2.13. The van der Waals surface area contributed by atoms with Crippen molar-refractivity contribution < 1.29 is 19.1 Å². The molecule has 0 spiro atoms. The maximum Gasteiger partial charge on any atom is 0.411 e. The van der Waals surface area contributed by atoms with Crippen LogP contribution >= 0.6 is 0 Å². The van der Waals surface area contributed by atoms with E-state index in [1.165, 1.54) is 102 Å². The summed E-state index contributed by atoms with van der Waals surface area (Å²) in [6, 6.07) is -0.668. The van der Waals surface area contributed by atoms with Crippen molar-refractivity contribution in [3.05, 3.63) is 0 Å². The SMILES string of the molecule is CC#CCOC(=O)N(C)C(C)C(=O)OCCCCCCCCCCCCCCCCCC. The van der Waals surface area contributed by atoms with Crippen molar-refractivity contribution in [1.29, 1.82) is 0 Å². The first-order valence-electron chi connectivity index (χ1n) is 13.0. The predicted octanol–water partition coefficient (Wildman–Crippen LogP) is 7.27. The summed E-state index contributed by atoms with van der Waals surface area (Å²) in [7, 11) is 1.53. The van der Waals surface area contributed by atoms with Crippen molar-refractivity contribution in [2.45, 2.75) is 130 Å². The van der Waals surface area contributed by atoms with E-state index in [1.807, 2.05) is 0 Å². The predicted molar refractivity (Wildman–Crippen MR) is 133 cm³/mol. The van der Waals surface area contributed by atoms with Crippen LogP contribution in [0.15, 0.2) is 0 Å². The van der Waals surface area contributed by atoms with Gasteiger partial charge < -0.3 is 9.47 Å². The number of hydrogen-bond donors (Lipinski definition) is 0. The second-order valence-corrected chi connectivity index (χ2v) is 8.74. The molecule has 0 heterocycles. The molecule has 0 aliphatic heterocycles. The third-order valence-electron chi connectivity index (χ3n) is 5.90. The number of ether oxygens (including phenoxy) is 2. The Morgan fingerprint density at radius 2 is 1.19 bits per heavy atom. The summed E-state index contributed by atoms with van der Waals surface area (Å²) in [5.41, 5.74) is 0. The highest BCUT2D eigenvalue weighted by molar-refractivity contribution is 5.80. The van der Waals surface area contributed by atoms with E-state index >= 15 is 0 Å². The van der Waals surface area contributed by atoms with Gasteiger partial charge in [0.2, 0.25) is 0 Å². The van der Waals surface area contributed by atoms with Gasteiger partial charge in [0.25, 0.3) is 0 Å². The van der Waals surface area contributed by atoms with E-state index in [0.29, 0.717) is 6.61 Å². The molecule has 0 aromatic heterocycles. The van der Waals surface area contributed by atoms with Crippen molar-refractivity contribution in [2.75, 3.05) is 20.3 Å². The van der Waals surface area contributed by atoms with Gasteiger partial charge in [-0.25, -0.2) is 9.59 Å². The summed E-state index contributed by atoms with van der Waals surface area (Å²) < 4.78 is 10.3. The van der Waals surface area contributed by atoms with Crippen molar-refractivity contribution >= 4 is 12.1 Å². The molecule has 0 fully saturated rings. The molecule has 1 atom stereocenters. The number of nitrogens with zero attached hydrogens (tertiary/aromatic N) is 1. The minimum atomic E-state index is -0.668.